The second kappa shape index (κ2) is 5.75. The molecule has 0 fully saturated rings. The van der Waals surface area contributed by atoms with Crippen LogP contribution in [0.25, 0.3) is 22.6 Å². The van der Waals surface area contributed by atoms with E-state index in [1.54, 1.807) is 28.8 Å². The summed E-state index contributed by atoms with van der Waals surface area (Å²) >= 11 is 0. The number of nitrogen functional groups attached to an aromatic ring is 2. The molecule has 0 aliphatic heterocycles. The van der Waals surface area contributed by atoms with E-state index in [-0.39, 0.29) is 5.82 Å². The minimum Gasteiger partial charge on any atom is -0.399 e. The second-order valence-corrected chi connectivity index (χ2v) is 5.54. The molecule has 124 valence electrons. The van der Waals surface area contributed by atoms with Crippen molar-refractivity contribution in [3.05, 3.63) is 54.1 Å². The molecule has 4 rings (SSSR count). The molecule has 0 radical (unpaired) electrons. The van der Waals surface area contributed by atoms with Crippen LogP contribution in [-0.2, 0) is 4.79 Å². The van der Waals surface area contributed by atoms with Gasteiger partial charge in [-0.05, 0) is 40.1 Å². The van der Waals surface area contributed by atoms with Gasteiger partial charge in [-0.25, -0.2) is 9.61 Å². The van der Waals surface area contributed by atoms with Crippen LogP contribution in [-0.4, -0.2) is 26.2 Å². The Kier molecular flexibility index (Phi) is 3.42. The number of benzene rings is 2. The number of aromatic nitrogens is 4. The summed E-state index contributed by atoms with van der Waals surface area (Å²) in [6, 6.07) is 13.9. The SMILES string of the molecule is Nc1ccc(C(C=O)n2c(-c3nonc3N)nc3ccccc32)cc1. The first kappa shape index (κ1) is 14.9. The largest absolute Gasteiger partial charge is 0.399 e. The molecular weight excluding hydrogens is 320 g/mol. The number of carbonyl (C=O) groups is 1. The summed E-state index contributed by atoms with van der Waals surface area (Å²) in [6.07, 6.45) is 0.840. The monoisotopic (exact) mass is 334 g/mol. The zero-order valence-corrected chi connectivity index (χ0v) is 13.0. The predicted molar refractivity (Wildman–Crippen MR) is 92.5 cm³/mol. The molecule has 0 spiro atoms. The Labute approximate surface area is 142 Å². The number of aldehydes is 1. The van der Waals surface area contributed by atoms with E-state index >= 15 is 0 Å². The minimum absolute atomic E-state index is 0.110. The van der Waals surface area contributed by atoms with Gasteiger partial charge in [0.2, 0.25) is 0 Å². The van der Waals surface area contributed by atoms with E-state index in [9.17, 15) is 4.79 Å². The number of hydrogen-bond acceptors (Lipinski definition) is 7. The highest BCUT2D eigenvalue weighted by Crippen LogP contribution is 2.32. The lowest BCUT2D eigenvalue weighted by atomic mass is 10.1. The maximum atomic E-state index is 12.0. The number of nitrogens with zero attached hydrogens (tertiary/aromatic N) is 4. The van der Waals surface area contributed by atoms with Gasteiger partial charge >= 0.3 is 0 Å². The third-order valence-electron chi connectivity index (χ3n) is 4.01. The maximum Gasteiger partial charge on any atom is 0.199 e. The lowest BCUT2D eigenvalue weighted by Gasteiger charge is -2.16. The molecule has 4 N–H and O–H groups in total. The van der Waals surface area contributed by atoms with Gasteiger partial charge in [0, 0.05) is 5.69 Å². The highest BCUT2D eigenvalue weighted by molar-refractivity contribution is 5.84. The van der Waals surface area contributed by atoms with E-state index in [1.165, 1.54) is 0 Å². The molecule has 0 aliphatic rings. The molecule has 1 atom stereocenters. The first-order valence-electron chi connectivity index (χ1n) is 7.55. The molecule has 0 saturated heterocycles. The first-order valence-corrected chi connectivity index (χ1v) is 7.55. The molecule has 1 unspecified atom stereocenters. The number of carbonyl (C=O) groups excluding carboxylic acids is 1. The molecule has 0 bridgehead atoms. The molecule has 2 aromatic heterocycles. The van der Waals surface area contributed by atoms with Gasteiger partial charge in [-0.15, -0.1) is 0 Å². The molecule has 0 amide bonds. The predicted octanol–water partition coefficient (Wildman–Crippen LogP) is 2.04. The lowest BCUT2D eigenvalue weighted by molar-refractivity contribution is -0.109. The maximum absolute atomic E-state index is 12.0. The van der Waals surface area contributed by atoms with E-state index < -0.39 is 6.04 Å². The van der Waals surface area contributed by atoms with Crippen LogP contribution < -0.4 is 11.5 Å². The van der Waals surface area contributed by atoms with Crippen LogP contribution in [0.1, 0.15) is 11.6 Å². The van der Waals surface area contributed by atoms with Gasteiger partial charge < -0.3 is 20.8 Å². The number of hydrogen-bond donors (Lipinski definition) is 2. The fraction of sp³-hybridized carbons (Fsp3) is 0.0588. The molecular formula is C17H14N6O2. The summed E-state index contributed by atoms with van der Waals surface area (Å²) in [4.78, 5) is 16.5. The third kappa shape index (κ3) is 2.40. The molecule has 2 heterocycles. The first-order chi connectivity index (χ1) is 12.2. The van der Waals surface area contributed by atoms with E-state index in [4.69, 9.17) is 16.1 Å². The zero-order chi connectivity index (χ0) is 17.4. The van der Waals surface area contributed by atoms with E-state index in [0.717, 1.165) is 17.4 Å². The standard InChI is InChI=1S/C17H14N6O2/c18-11-7-5-10(6-8-11)14(9-24)23-13-4-2-1-3-12(13)20-17(23)15-16(19)22-25-21-15/h1-9,14H,18H2,(H2,19,22). The van der Waals surface area contributed by atoms with Crippen molar-refractivity contribution in [2.75, 3.05) is 11.5 Å². The average molecular weight is 334 g/mol. The highest BCUT2D eigenvalue weighted by Gasteiger charge is 2.25. The summed E-state index contributed by atoms with van der Waals surface area (Å²) in [7, 11) is 0. The van der Waals surface area contributed by atoms with E-state index in [2.05, 4.69) is 15.3 Å². The van der Waals surface area contributed by atoms with Gasteiger partial charge in [0.05, 0.1) is 11.0 Å². The van der Waals surface area contributed by atoms with Crippen molar-refractivity contribution >= 4 is 28.8 Å². The van der Waals surface area contributed by atoms with Gasteiger partial charge in [-0.1, -0.05) is 24.3 Å². The number of para-hydroxylation sites is 2. The van der Waals surface area contributed by atoms with Crippen LogP contribution >= 0.6 is 0 Å². The van der Waals surface area contributed by atoms with Crippen molar-refractivity contribution in [3.63, 3.8) is 0 Å². The van der Waals surface area contributed by atoms with Crippen LogP contribution in [0.3, 0.4) is 0 Å². The Hall–Kier alpha value is -3.68. The van der Waals surface area contributed by atoms with Gasteiger partial charge in [0.1, 0.15) is 12.3 Å². The minimum atomic E-state index is -0.626. The van der Waals surface area contributed by atoms with Crippen molar-refractivity contribution < 1.29 is 9.42 Å². The fourth-order valence-electron chi connectivity index (χ4n) is 2.83. The zero-order valence-electron chi connectivity index (χ0n) is 13.0. The summed E-state index contributed by atoms with van der Waals surface area (Å²) in [5.41, 5.74) is 14.7. The second-order valence-electron chi connectivity index (χ2n) is 5.54. The van der Waals surface area contributed by atoms with Crippen LogP contribution in [0.5, 0.6) is 0 Å². The fourth-order valence-corrected chi connectivity index (χ4v) is 2.83. The summed E-state index contributed by atoms with van der Waals surface area (Å²) in [6.45, 7) is 0. The van der Waals surface area contributed by atoms with E-state index in [0.29, 0.717) is 22.7 Å². The lowest BCUT2D eigenvalue weighted by Crippen LogP contribution is -2.14. The molecule has 8 nitrogen and oxygen atoms in total. The highest BCUT2D eigenvalue weighted by atomic mass is 16.6. The van der Waals surface area contributed by atoms with Crippen molar-refractivity contribution in [2.24, 2.45) is 0 Å². The van der Waals surface area contributed by atoms with E-state index in [1.807, 2.05) is 24.3 Å². The van der Waals surface area contributed by atoms with Crippen molar-refractivity contribution in [1.29, 1.82) is 0 Å². The Morgan fingerprint density at radius 3 is 2.48 bits per heavy atom. The van der Waals surface area contributed by atoms with Crippen molar-refractivity contribution in [3.8, 4) is 11.5 Å². The summed E-state index contributed by atoms with van der Waals surface area (Å²) < 4.78 is 6.47. The topological polar surface area (TPSA) is 126 Å². The number of rotatable bonds is 4. The van der Waals surface area contributed by atoms with Crippen molar-refractivity contribution in [2.45, 2.75) is 6.04 Å². The molecule has 4 aromatic rings. The van der Waals surface area contributed by atoms with Crippen LogP contribution in [0, 0.1) is 0 Å². The number of nitrogens with two attached hydrogens (primary N) is 2. The third-order valence-corrected chi connectivity index (χ3v) is 4.01. The van der Waals surface area contributed by atoms with Gasteiger partial charge in [0.25, 0.3) is 0 Å². The molecule has 0 saturated carbocycles. The molecule has 25 heavy (non-hydrogen) atoms. The smallest absolute Gasteiger partial charge is 0.199 e. The van der Waals surface area contributed by atoms with Crippen molar-refractivity contribution in [1.82, 2.24) is 19.9 Å². The quantitative estimate of drug-likeness (QED) is 0.432. The normalized spacial score (nSPS) is 12.3. The molecule has 0 aliphatic carbocycles. The van der Waals surface area contributed by atoms with Crippen LogP contribution in [0.15, 0.2) is 53.2 Å². The number of anilines is 2. The van der Waals surface area contributed by atoms with Gasteiger partial charge in [0.15, 0.2) is 17.3 Å². The average Bonchev–Trinajstić information content (AvgIpc) is 3.21. The Morgan fingerprint density at radius 2 is 1.80 bits per heavy atom. The number of fused-ring (bicyclic) bond motifs is 1. The van der Waals surface area contributed by atoms with Gasteiger partial charge in [-0.2, -0.15) is 0 Å². The van der Waals surface area contributed by atoms with Crippen LogP contribution in [0.2, 0.25) is 0 Å². The molecule has 8 heteroatoms. The number of imidazole rings is 1. The van der Waals surface area contributed by atoms with Crippen LogP contribution in [0.4, 0.5) is 11.5 Å². The van der Waals surface area contributed by atoms with Gasteiger partial charge in [-0.3, -0.25) is 0 Å². The Balaban J connectivity index is 2.00. The summed E-state index contributed by atoms with van der Waals surface area (Å²) in [5, 5.41) is 7.44. The Bertz CT molecular complexity index is 1050. The Morgan fingerprint density at radius 1 is 1.04 bits per heavy atom. The summed E-state index contributed by atoms with van der Waals surface area (Å²) in [5.74, 6) is 0.521. The molecule has 2 aromatic carbocycles.